The molecule has 1 aromatic heterocycles. The highest BCUT2D eigenvalue weighted by molar-refractivity contribution is 6.28. The maximum Gasteiger partial charge on any atom is 0.322 e. The lowest BCUT2D eigenvalue weighted by atomic mass is 10.1. The van der Waals surface area contributed by atoms with Crippen molar-refractivity contribution in [3.05, 3.63) is 40.7 Å². The van der Waals surface area contributed by atoms with Crippen molar-refractivity contribution in [3.8, 4) is 6.01 Å². The fourth-order valence-corrected chi connectivity index (χ4v) is 1.90. The Morgan fingerprint density at radius 2 is 1.89 bits per heavy atom. The molecule has 0 fully saturated rings. The van der Waals surface area contributed by atoms with Crippen LogP contribution in [-0.4, -0.2) is 22.1 Å². The van der Waals surface area contributed by atoms with E-state index in [0.29, 0.717) is 12.5 Å². The van der Waals surface area contributed by atoms with Crippen molar-refractivity contribution in [2.45, 2.75) is 19.9 Å². The van der Waals surface area contributed by atoms with Gasteiger partial charge in [0.15, 0.2) is 0 Å². The third-order valence-electron chi connectivity index (χ3n) is 2.71. The first-order valence-corrected chi connectivity index (χ1v) is 6.37. The molecule has 0 bridgehead atoms. The average Bonchev–Trinajstić information content (AvgIpc) is 2.44. The van der Waals surface area contributed by atoms with Crippen molar-refractivity contribution < 1.29 is 4.74 Å². The maximum atomic E-state index is 5.79. The fourth-order valence-electron chi connectivity index (χ4n) is 1.75. The second-order valence-electron chi connectivity index (χ2n) is 3.89. The molecule has 0 spiro atoms. The lowest BCUT2D eigenvalue weighted by Gasteiger charge is -2.09. The summed E-state index contributed by atoms with van der Waals surface area (Å²) in [4.78, 5) is 11.9. The number of ether oxygens (including phenoxy) is 1. The first-order chi connectivity index (χ1) is 9.22. The van der Waals surface area contributed by atoms with Crippen LogP contribution in [0.15, 0.2) is 24.3 Å². The van der Waals surface area contributed by atoms with E-state index < -0.39 is 0 Å². The molecule has 6 heteroatoms. The van der Waals surface area contributed by atoms with Gasteiger partial charge in [0.05, 0.1) is 7.11 Å². The topological polar surface area (TPSA) is 59.9 Å². The molecule has 2 aromatic rings. The van der Waals surface area contributed by atoms with Gasteiger partial charge in [-0.05, 0) is 29.1 Å². The Kier molecular flexibility index (Phi) is 4.52. The first-order valence-electron chi connectivity index (χ1n) is 5.99. The van der Waals surface area contributed by atoms with Gasteiger partial charge in [-0.3, -0.25) is 0 Å². The number of nitrogens with one attached hydrogen (secondary N) is 1. The second-order valence-corrected chi connectivity index (χ2v) is 4.23. The molecule has 0 amide bonds. The highest BCUT2D eigenvalue weighted by Gasteiger charge is 2.05. The molecule has 100 valence electrons. The summed E-state index contributed by atoms with van der Waals surface area (Å²) in [6.07, 6.45) is 0.985. The summed E-state index contributed by atoms with van der Waals surface area (Å²) >= 11 is 5.79. The molecule has 0 atom stereocenters. The zero-order valence-corrected chi connectivity index (χ0v) is 11.6. The van der Waals surface area contributed by atoms with Crippen molar-refractivity contribution in [1.29, 1.82) is 0 Å². The Bertz CT molecular complexity index is 562. The van der Waals surface area contributed by atoms with Crippen LogP contribution in [0.2, 0.25) is 5.28 Å². The van der Waals surface area contributed by atoms with E-state index in [1.807, 2.05) is 12.1 Å². The molecule has 0 saturated carbocycles. The van der Waals surface area contributed by atoms with E-state index in [-0.39, 0.29) is 11.3 Å². The minimum Gasteiger partial charge on any atom is -0.467 e. The van der Waals surface area contributed by atoms with E-state index in [0.717, 1.165) is 6.42 Å². The van der Waals surface area contributed by atoms with Gasteiger partial charge in [-0.1, -0.05) is 31.2 Å². The van der Waals surface area contributed by atoms with E-state index in [1.165, 1.54) is 18.2 Å². The third-order valence-corrected chi connectivity index (χ3v) is 2.88. The highest BCUT2D eigenvalue weighted by atomic mass is 35.5. The summed E-state index contributed by atoms with van der Waals surface area (Å²) in [5, 5.41) is 3.23. The highest BCUT2D eigenvalue weighted by Crippen LogP contribution is 2.14. The predicted octanol–water partition coefficient (Wildman–Crippen LogP) is 2.71. The van der Waals surface area contributed by atoms with Gasteiger partial charge in [0.1, 0.15) is 0 Å². The average molecular weight is 279 g/mol. The molecule has 0 aliphatic carbocycles. The molecule has 0 radical (unpaired) electrons. The van der Waals surface area contributed by atoms with Crippen molar-refractivity contribution >= 4 is 17.5 Å². The van der Waals surface area contributed by atoms with Crippen LogP contribution in [0.1, 0.15) is 18.1 Å². The van der Waals surface area contributed by atoms with Gasteiger partial charge in [-0.25, -0.2) is 0 Å². The van der Waals surface area contributed by atoms with Crippen LogP contribution in [0.5, 0.6) is 6.01 Å². The third kappa shape index (κ3) is 3.54. The van der Waals surface area contributed by atoms with E-state index in [4.69, 9.17) is 16.3 Å². The lowest BCUT2D eigenvalue weighted by molar-refractivity contribution is 0.379. The molecule has 0 saturated heterocycles. The van der Waals surface area contributed by atoms with Crippen LogP contribution in [0.4, 0.5) is 5.95 Å². The largest absolute Gasteiger partial charge is 0.467 e. The van der Waals surface area contributed by atoms with E-state index in [9.17, 15) is 0 Å². The molecule has 1 N–H and O–H groups in total. The number of rotatable bonds is 5. The Hall–Kier alpha value is -1.88. The van der Waals surface area contributed by atoms with Crippen LogP contribution in [-0.2, 0) is 13.0 Å². The minimum atomic E-state index is 0.109. The van der Waals surface area contributed by atoms with Crippen molar-refractivity contribution in [2.75, 3.05) is 12.4 Å². The number of aromatic nitrogens is 3. The molecule has 1 heterocycles. The van der Waals surface area contributed by atoms with Crippen molar-refractivity contribution in [2.24, 2.45) is 0 Å². The van der Waals surface area contributed by atoms with Crippen molar-refractivity contribution in [1.82, 2.24) is 15.0 Å². The van der Waals surface area contributed by atoms with Crippen LogP contribution < -0.4 is 10.1 Å². The lowest BCUT2D eigenvalue weighted by Crippen LogP contribution is -2.07. The number of aryl methyl sites for hydroxylation is 1. The predicted molar refractivity (Wildman–Crippen MR) is 74.5 cm³/mol. The van der Waals surface area contributed by atoms with E-state index in [2.05, 4.69) is 39.3 Å². The number of hydrogen-bond acceptors (Lipinski definition) is 5. The molecule has 0 aliphatic heterocycles. The van der Waals surface area contributed by atoms with Crippen LogP contribution in [0.3, 0.4) is 0 Å². The Labute approximate surface area is 117 Å². The van der Waals surface area contributed by atoms with E-state index >= 15 is 0 Å². The Balaban J connectivity index is 2.12. The van der Waals surface area contributed by atoms with Crippen molar-refractivity contribution in [3.63, 3.8) is 0 Å². The molecule has 2 rings (SSSR count). The van der Waals surface area contributed by atoms with Gasteiger partial charge < -0.3 is 10.1 Å². The van der Waals surface area contributed by atoms with E-state index in [1.54, 1.807) is 0 Å². The molecule has 1 aromatic carbocycles. The molecule has 5 nitrogen and oxygen atoms in total. The quantitative estimate of drug-likeness (QED) is 0.911. The molecular weight excluding hydrogens is 264 g/mol. The summed E-state index contributed by atoms with van der Waals surface area (Å²) in [7, 11) is 1.49. The van der Waals surface area contributed by atoms with Crippen LogP contribution >= 0.6 is 11.6 Å². The second kappa shape index (κ2) is 6.33. The number of anilines is 1. The standard InChI is InChI=1S/C13H15ClN4O/c1-3-9-6-4-5-7-10(9)8-15-12-16-11(14)17-13(18-12)19-2/h4-7H,3,8H2,1-2H3,(H,15,16,17,18). The first kappa shape index (κ1) is 13.5. The number of benzene rings is 1. The number of methoxy groups -OCH3 is 1. The summed E-state index contributed by atoms with van der Waals surface area (Å²) in [6.45, 7) is 2.76. The fraction of sp³-hybridized carbons (Fsp3) is 0.308. The van der Waals surface area contributed by atoms with Crippen LogP contribution in [0, 0.1) is 0 Å². The summed E-state index contributed by atoms with van der Waals surface area (Å²) < 4.78 is 4.95. The zero-order chi connectivity index (χ0) is 13.7. The smallest absolute Gasteiger partial charge is 0.322 e. The number of halogens is 1. The summed E-state index contributed by atoms with van der Waals surface area (Å²) in [6, 6.07) is 8.43. The monoisotopic (exact) mass is 278 g/mol. The molecule has 0 aliphatic rings. The van der Waals surface area contributed by atoms with Gasteiger partial charge in [0.2, 0.25) is 11.2 Å². The zero-order valence-electron chi connectivity index (χ0n) is 10.9. The molecule has 0 unspecified atom stereocenters. The number of hydrogen-bond donors (Lipinski definition) is 1. The summed E-state index contributed by atoms with van der Waals surface area (Å²) in [5.74, 6) is 0.405. The Morgan fingerprint density at radius 3 is 2.58 bits per heavy atom. The Morgan fingerprint density at radius 1 is 1.16 bits per heavy atom. The SMILES string of the molecule is CCc1ccccc1CNc1nc(Cl)nc(OC)n1. The number of nitrogens with zero attached hydrogens (tertiary/aromatic N) is 3. The minimum absolute atomic E-state index is 0.109. The van der Waals surface area contributed by atoms with Gasteiger partial charge >= 0.3 is 6.01 Å². The van der Waals surface area contributed by atoms with Gasteiger partial charge in [0, 0.05) is 6.54 Å². The maximum absolute atomic E-state index is 5.79. The molecule has 19 heavy (non-hydrogen) atoms. The normalized spacial score (nSPS) is 10.3. The van der Waals surface area contributed by atoms with Gasteiger partial charge in [-0.15, -0.1) is 0 Å². The molecular formula is C13H15ClN4O. The van der Waals surface area contributed by atoms with Crippen LogP contribution in [0.25, 0.3) is 0 Å². The van der Waals surface area contributed by atoms with Gasteiger partial charge in [-0.2, -0.15) is 15.0 Å². The van der Waals surface area contributed by atoms with Gasteiger partial charge in [0.25, 0.3) is 0 Å². The summed E-state index contributed by atoms with van der Waals surface area (Å²) in [5.41, 5.74) is 2.50.